The van der Waals surface area contributed by atoms with Crippen molar-refractivity contribution in [1.29, 1.82) is 0 Å². The van der Waals surface area contributed by atoms with Gasteiger partial charge in [-0.1, -0.05) is 0 Å². The summed E-state index contributed by atoms with van der Waals surface area (Å²) in [5.74, 6) is 0.470. The van der Waals surface area contributed by atoms with Crippen LogP contribution in [0.3, 0.4) is 0 Å². The smallest absolute Gasteiger partial charge is 0.276 e. The van der Waals surface area contributed by atoms with E-state index in [0.29, 0.717) is 11.3 Å². The van der Waals surface area contributed by atoms with E-state index in [1.807, 2.05) is 0 Å². The Morgan fingerprint density at radius 2 is 2.15 bits per heavy atom. The van der Waals surface area contributed by atoms with Gasteiger partial charge in [-0.3, -0.25) is 10.1 Å². The topological polar surface area (TPSA) is 52.4 Å². The van der Waals surface area contributed by atoms with E-state index >= 15 is 0 Å². The second-order valence-electron chi connectivity index (χ2n) is 2.53. The van der Waals surface area contributed by atoms with E-state index in [2.05, 4.69) is 15.9 Å². The Morgan fingerprint density at radius 3 is 2.62 bits per heavy atom. The summed E-state index contributed by atoms with van der Waals surface area (Å²) in [6.45, 7) is 1.68. The van der Waals surface area contributed by atoms with Gasteiger partial charge >= 0.3 is 0 Å². The molecule has 0 aliphatic heterocycles. The summed E-state index contributed by atoms with van der Waals surface area (Å²) in [6.07, 6.45) is 0. The minimum atomic E-state index is -0.426. The van der Waals surface area contributed by atoms with Crippen molar-refractivity contribution in [2.24, 2.45) is 0 Å². The molecule has 0 atom stereocenters. The van der Waals surface area contributed by atoms with Gasteiger partial charge in [0.05, 0.1) is 22.6 Å². The van der Waals surface area contributed by atoms with Crippen molar-refractivity contribution >= 4 is 21.6 Å². The third-order valence-corrected chi connectivity index (χ3v) is 2.29. The van der Waals surface area contributed by atoms with Gasteiger partial charge in [0.15, 0.2) is 0 Å². The average molecular weight is 246 g/mol. The molecule has 0 radical (unpaired) electrons. The van der Waals surface area contributed by atoms with Crippen LogP contribution in [-0.2, 0) is 0 Å². The molecule has 1 aromatic carbocycles. The summed E-state index contributed by atoms with van der Waals surface area (Å²) in [5, 5.41) is 10.5. The first-order valence-corrected chi connectivity index (χ1v) is 4.34. The quantitative estimate of drug-likeness (QED) is 0.595. The number of aryl methyl sites for hydroxylation is 1. The van der Waals surface area contributed by atoms with E-state index in [0.717, 1.165) is 4.47 Å². The number of benzene rings is 1. The number of methoxy groups -OCH3 is 1. The van der Waals surface area contributed by atoms with E-state index in [1.54, 1.807) is 13.0 Å². The van der Waals surface area contributed by atoms with Gasteiger partial charge in [0.1, 0.15) is 5.75 Å². The molecule has 0 aromatic heterocycles. The van der Waals surface area contributed by atoms with Gasteiger partial charge in [-0.2, -0.15) is 0 Å². The van der Waals surface area contributed by atoms with Crippen molar-refractivity contribution in [2.75, 3.05) is 7.11 Å². The largest absolute Gasteiger partial charge is 0.495 e. The standard InChI is InChI=1S/C8H8BrNO3/c1-5-3-6(9)8(13-2)4-7(5)10(11)12/h3-4H,1-2H3. The lowest BCUT2D eigenvalue weighted by atomic mass is 10.2. The van der Waals surface area contributed by atoms with Gasteiger partial charge in [-0.25, -0.2) is 0 Å². The lowest BCUT2D eigenvalue weighted by molar-refractivity contribution is -0.385. The molecule has 1 rings (SSSR count). The molecule has 13 heavy (non-hydrogen) atoms. The van der Waals surface area contributed by atoms with E-state index in [-0.39, 0.29) is 5.69 Å². The first kappa shape index (κ1) is 9.98. The minimum absolute atomic E-state index is 0.0695. The highest BCUT2D eigenvalue weighted by molar-refractivity contribution is 9.10. The molecule has 0 N–H and O–H groups in total. The SMILES string of the molecule is COc1cc([N+](=O)[O-])c(C)cc1Br. The van der Waals surface area contributed by atoms with Crippen molar-refractivity contribution in [2.45, 2.75) is 6.92 Å². The molecule has 0 saturated heterocycles. The van der Waals surface area contributed by atoms with Crippen LogP contribution < -0.4 is 4.74 Å². The highest BCUT2D eigenvalue weighted by atomic mass is 79.9. The fourth-order valence-electron chi connectivity index (χ4n) is 0.995. The second-order valence-corrected chi connectivity index (χ2v) is 3.38. The fourth-order valence-corrected chi connectivity index (χ4v) is 1.61. The van der Waals surface area contributed by atoms with Crippen molar-refractivity contribution in [3.63, 3.8) is 0 Å². The van der Waals surface area contributed by atoms with Crippen LogP contribution in [0.5, 0.6) is 5.75 Å². The summed E-state index contributed by atoms with van der Waals surface area (Å²) < 4.78 is 5.66. The Kier molecular flexibility index (Phi) is 2.87. The van der Waals surface area contributed by atoms with E-state index in [1.165, 1.54) is 13.2 Å². The number of hydrogen-bond donors (Lipinski definition) is 0. The predicted molar refractivity (Wildman–Crippen MR) is 52.1 cm³/mol. The molecule has 1 aromatic rings. The van der Waals surface area contributed by atoms with E-state index < -0.39 is 4.92 Å². The Hall–Kier alpha value is -1.10. The molecule has 70 valence electrons. The van der Waals surface area contributed by atoms with Crippen molar-refractivity contribution in [1.82, 2.24) is 0 Å². The number of nitrogens with zero attached hydrogens (tertiary/aromatic N) is 1. The lowest BCUT2D eigenvalue weighted by Gasteiger charge is -2.04. The normalized spacial score (nSPS) is 9.77. The van der Waals surface area contributed by atoms with Crippen LogP contribution in [0.2, 0.25) is 0 Å². The highest BCUT2D eigenvalue weighted by Crippen LogP contribution is 2.31. The zero-order valence-electron chi connectivity index (χ0n) is 7.20. The number of nitro groups is 1. The molecule has 0 spiro atoms. The van der Waals surface area contributed by atoms with Crippen LogP contribution in [0.25, 0.3) is 0 Å². The maximum Gasteiger partial charge on any atom is 0.276 e. The first-order valence-electron chi connectivity index (χ1n) is 3.54. The number of rotatable bonds is 2. The summed E-state index contributed by atoms with van der Waals surface area (Å²) in [5.41, 5.74) is 0.678. The third kappa shape index (κ3) is 1.98. The Morgan fingerprint density at radius 1 is 1.54 bits per heavy atom. The Bertz CT molecular complexity index is 351. The van der Waals surface area contributed by atoms with Gasteiger partial charge in [-0.05, 0) is 28.9 Å². The molecule has 0 saturated carbocycles. The monoisotopic (exact) mass is 245 g/mol. The second kappa shape index (κ2) is 3.74. The maximum atomic E-state index is 10.5. The van der Waals surface area contributed by atoms with E-state index in [9.17, 15) is 10.1 Å². The molecule has 0 unspecified atom stereocenters. The van der Waals surface area contributed by atoms with E-state index in [4.69, 9.17) is 4.74 Å². The van der Waals surface area contributed by atoms with Gasteiger partial charge in [0.25, 0.3) is 5.69 Å². The van der Waals surface area contributed by atoms with Crippen molar-refractivity contribution in [3.05, 3.63) is 32.3 Å². The van der Waals surface area contributed by atoms with Crippen LogP contribution in [0.15, 0.2) is 16.6 Å². The van der Waals surface area contributed by atoms with Gasteiger partial charge in [-0.15, -0.1) is 0 Å². The van der Waals surface area contributed by atoms with Gasteiger partial charge < -0.3 is 4.74 Å². The van der Waals surface area contributed by atoms with Gasteiger partial charge in [0.2, 0.25) is 0 Å². The Balaban J connectivity index is 3.30. The lowest BCUT2D eigenvalue weighted by Crippen LogP contribution is -1.93. The molecular weight excluding hydrogens is 238 g/mol. The van der Waals surface area contributed by atoms with Crippen molar-refractivity contribution < 1.29 is 9.66 Å². The summed E-state index contributed by atoms with van der Waals surface area (Å²) in [7, 11) is 1.47. The molecule has 0 bridgehead atoms. The fraction of sp³-hybridized carbons (Fsp3) is 0.250. The molecule has 0 heterocycles. The third-order valence-electron chi connectivity index (χ3n) is 1.67. The maximum absolute atomic E-state index is 10.5. The molecule has 4 nitrogen and oxygen atoms in total. The molecule has 0 aliphatic carbocycles. The number of hydrogen-bond acceptors (Lipinski definition) is 3. The van der Waals surface area contributed by atoms with Crippen LogP contribution in [0.1, 0.15) is 5.56 Å². The first-order chi connectivity index (χ1) is 6.06. The number of nitro benzene ring substituents is 1. The minimum Gasteiger partial charge on any atom is -0.495 e. The Labute approximate surface area is 83.8 Å². The van der Waals surface area contributed by atoms with Crippen LogP contribution >= 0.6 is 15.9 Å². The average Bonchev–Trinajstić information content (AvgIpc) is 2.03. The molecule has 0 fully saturated rings. The number of halogens is 1. The van der Waals surface area contributed by atoms with Gasteiger partial charge in [0, 0.05) is 5.56 Å². The summed E-state index contributed by atoms with van der Waals surface area (Å²) in [6, 6.07) is 3.07. The zero-order valence-corrected chi connectivity index (χ0v) is 8.79. The highest BCUT2D eigenvalue weighted by Gasteiger charge is 2.14. The van der Waals surface area contributed by atoms with Crippen LogP contribution in [0.4, 0.5) is 5.69 Å². The van der Waals surface area contributed by atoms with Crippen LogP contribution in [-0.4, -0.2) is 12.0 Å². The van der Waals surface area contributed by atoms with Crippen molar-refractivity contribution in [3.8, 4) is 5.75 Å². The molecule has 5 heteroatoms. The molecule has 0 amide bonds. The molecule has 0 aliphatic rings. The summed E-state index contributed by atoms with van der Waals surface area (Å²) in [4.78, 5) is 10.1. The predicted octanol–water partition coefficient (Wildman–Crippen LogP) is 2.67. The summed E-state index contributed by atoms with van der Waals surface area (Å²) >= 11 is 3.24. The molecular formula is C8H8BrNO3. The van der Waals surface area contributed by atoms with Crippen LogP contribution in [0, 0.1) is 17.0 Å². The zero-order chi connectivity index (χ0) is 10.0. The number of ether oxygens (including phenoxy) is 1.